The Morgan fingerprint density at radius 1 is 1.20 bits per heavy atom. The fourth-order valence-corrected chi connectivity index (χ4v) is 2.54. The first-order valence-corrected chi connectivity index (χ1v) is 8.59. The molecule has 5 nitrogen and oxygen atoms in total. The lowest BCUT2D eigenvalue weighted by atomic mass is 10.1. The van der Waals surface area contributed by atoms with E-state index in [4.69, 9.17) is 11.6 Å². The fraction of sp³-hybridized carbons (Fsp3) is 0.316. The Morgan fingerprint density at radius 2 is 1.92 bits per heavy atom. The van der Waals surface area contributed by atoms with Gasteiger partial charge in [0.25, 0.3) is 0 Å². The van der Waals surface area contributed by atoms with Crippen LogP contribution in [0.4, 0.5) is 0 Å². The number of carbonyl (C=O) groups is 2. The highest BCUT2D eigenvalue weighted by Crippen LogP contribution is 2.14. The average Bonchev–Trinajstić information content (AvgIpc) is 2.65. The largest absolute Gasteiger partial charge is 0.350 e. The van der Waals surface area contributed by atoms with Crippen LogP contribution in [0.5, 0.6) is 0 Å². The number of benzene rings is 1. The molecule has 1 unspecified atom stereocenters. The quantitative estimate of drug-likeness (QED) is 0.825. The molecular formula is C19H22ClN3O2. The Balaban J connectivity index is 2.03. The highest BCUT2D eigenvalue weighted by atomic mass is 35.5. The minimum Gasteiger partial charge on any atom is -0.350 e. The second-order valence-electron chi connectivity index (χ2n) is 5.76. The van der Waals surface area contributed by atoms with Gasteiger partial charge in [-0.05, 0) is 36.2 Å². The van der Waals surface area contributed by atoms with Crippen LogP contribution < -0.4 is 5.32 Å². The lowest BCUT2D eigenvalue weighted by molar-refractivity contribution is -0.140. The number of hydrogen-bond donors (Lipinski definition) is 1. The van der Waals surface area contributed by atoms with E-state index in [0.29, 0.717) is 24.5 Å². The summed E-state index contributed by atoms with van der Waals surface area (Å²) in [5, 5.41) is 3.50. The number of hydrogen-bond acceptors (Lipinski definition) is 3. The second-order valence-corrected chi connectivity index (χ2v) is 6.19. The van der Waals surface area contributed by atoms with E-state index in [1.165, 1.54) is 0 Å². The molecule has 132 valence electrons. The molecule has 0 fully saturated rings. The van der Waals surface area contributed by atoms with Gasteiger partial charge in [0.1, 0.15) is 6.04 Å². The van der Waals surface area contributed by atoms with Gasteiger partial charge in [-0.3, -0.25) is 14.6 Å². The van der Waals surface area contributed by atoms with E-state index in [0.717, 1.165) is 11.1 Å². The van der Waals surface area contributed by atoms with Crippen molar-refractivity contribution in [1.82, 2.24) is 15.2 Å². The fourth-order valence-electron chi connectivity index (χ4n) is 2.41. The molecule has 0 spiro atoms. The second kappa shape index (κ2) is 9.18. The highest BCUT2D eigenvalue weighted by Gasteiger charge is 2.24. The van der Waals surface area contributed by atoms with E-state index in [9.17, 15) is 9.59 Å². The van der Waals surface area contributed by atoms with Gasteiger partial charge in [-0.2, -0.15) is 0 Å². The zero-order valence-electron chi connectivity index (χ0n) is 14.4. The van der Waals surface area contributed by atoms with Crippen LogP contribution in [0.25, 0.3) is 0 Å². The molecule has 6 heteroatoms. The minimum atomic E-state index is -0.570. The Labute approximate surface area is 153 Å². The Kier molecular flexibility index (Phi) is 6.95. The molecule has 2 rings (SSSR count). The van der Waals surface area contributed by atoms with Gasteiger partial charge in [-0.15, -0.1) is 0 Å². The molecule has 0 saturated heterocycles. The summed E-state index contributed by atoms with van der Waals surface area (Å²) in [6.07, 6.45) is 3.73. The monoisotopic (exact) mass is 359 g/mol. The van der Waals surface area contributed by atoms with Crippen molar-refractivity contribution in [3.63, 3.8) is 0 Å². The normalized spacial score (nSPS) is 11.6. The van der Waals surface area contributed by atoms with Crippen molar-refractivity contribution in [2.24, 2.45) is 0 Å². The van der Waals surface area contributed by atoms with Crippen LogP contribution in [-0.4, -0.2) is 27.7 Å². The number of halogens is 1. The summed E-state index contributed by atoms with van der Waals surface area (Å²) in [6, 6.07) is 10.4. The van der Waals surface area contributed by atoms with E-state index in [1.807, 2.05) is 24.3 Å². The molecule has 1 aromatic carbocycles. The van der Waals surface area contributed by atoms with E-state index < -0.39 is 6.04 Å². The molecule has 2 aromatic rings. The SMILES string of the molecule is CCC(=O)N(Cc1ccc(Cl)cc1)C(C)C(=O)NCc1cccnc1. The maximum atomic E-state index is 12.5. The predicted molar refractivity (Wildman–Crippen MR) is 97.8 cm³/mol. The number of carbonyl (C=O) groups excluding carboxylic acids is 2. The van der Waals surface area contributed by atoms with Gasteiger partial charge in [0.05, 0.1) is 0 Å². The van der Waals surface area contributed by atoms with Crippen LogP contribution in [0.15, 0.2) is 48.8 Å². The lowest BCUT2D eigenvalue weighted by Gasteiger charge is -2.28. The first-order valence-electron chi connectivity index (χ1n) is 8.21. The first kappa shape index (κ1) is 18.9. The third-order valence-corrected chi connectivity index (χ3v) is 4.18. The molecule has 0 bridgehead atoms. The smallest absolute Gasteiger partial charge is 0.242 e. The molecule has 25 heavy (non-hydrogen) atoms. The molecule has 1 heterocycles. The van der Waals surface area contributed by atoms with Crippen molar-refractivity contribution < 1.29 is 9.59 Å². The number of aromatic nitrogens is 1. The summed E-state index contributed by atoms with van der Waals surface area (Å²) in [5.74, 6) is -0.265. The zero-order chi connectivity index (χ0) is 18.2. The van der Waals surface area contributed by atoms with Gasteiger partial charge in [-0.1, -0.05) is 36.7 Å². The van der Waals surface area contributed by atoms with Crippen molar-refractivity contribution in [1.29, 1.82) is 0 Å². The molecule has 0 aliphatic heterocycles. The summed E-state index contributed by atoms with van der Waals surface area (Å²) < 4.78 is 0. The van der Waals surface area contributed by atoms with Crippen molar-refractivity contribution in [3.05, 3.63) is 64.9 Å². The summed E-state index contributed by atoms with van der Waals surface area (Å²) in [6.45, 7) is 4.27. The summed E-state index contributed by atoms with van der Waals surface area (Å²) in [5.41, 5.74) is 1.84. The van der Waals surface area contributed by atoms with Crippen LogP contribution in [0.1, 0.15) is 31.4 Å². The van der Waals surface area contributed by atoms with Gasteiger partial charge in [0.15, 0.2) is 0 Å². The van der Waals surface area contributed by atoms with Gasteiger partial charge in [0.2, 0.25) is 11.8 Å². The number of nitrogens with zero attached hydrogens (tertiary/aromatic N) is 2. The number of pyridine rings is 1. The maximum absolute atomic E-state index is 12.5. The zero-order valence-corrected chi connectivity index (χ0v) is 15.2. The van der Waals surface area contributed by atoms with E-state index >= 15 is 0 Å². The standard InChI is InChI=1S/C19H22ClN3O2/c1-3-18(24)23(13-15-6-8-17(20)9-7-15)14(2)19(25)22-12-16-5-4-10-21-11-16/h4-11,14H,3,12-13H2,1-2H3,(H,22,25). The molecule has 1 aromatic heterocycles. The van der Waals surface area contributed by atoms with Crippen LogP contribution in [0.2, 0.25) is 5.02 Å². The van der Waals surface area contributed by atoms with Gasteiger partial charge in [-0.25, -0.2) is 0 Å². The van der Waals surface area contributed by atoms with Gasteiger partial charge >= 0.3 is 0 Å². The lowest BCUT2D eigenvalue weighted by Crippen LogP contribution is -2.47. The number of rotatable bonds is 7. The van der Waals surface area contributed by atoms with Crippen LogP contribution >= 0.6 is 11.6 Å². The van der Waals surface area contributed by atoms with Crippen molar-refractivity contribution in [2.45, 2.75) is 39.4 Å². The molecular weight excluding hydrogens is 338 g/mol. The molecule has 1 N–H and O–H groups in total. The Hall–Kier alpha value is -2.40. The predicted octanol–water partition coefficient (Wildman–Crippen LogP) is 3.18. The molecule has 1 atom stereocenters. The first-order chi connectivity index (χ1) is 12.0. The Bertz CT molecular complexity index is 704. The van der Waals surface area contributed by atoms with E-state index in [2.05, 4.69) is 10.3 Å². The molecule has 0 aliphatic carbocycles. The number of amides is 2. The third kappa shape index (κ3) is 5.57. The van der Waals surface area contributed by atoms with Crippen molar-refractivity contribution >= 4 is 23.4 Å². The average molecular weight is 360 g/mol. The minimum absolute atomic E-state index is 0.0704. The maximum Gasteiger partial charge on any atom is 0.242 e. The van der Waals surface area contributed by atoms with Gasteiger partial charge < -0.3 is 10.2 Å². The molecule has 0 aliphatic rings. The highest BCUT2D eigenvalue weighted by molar-refractivity contribution is 6.30. The third-order valence-electron chi connectivity index (χ3n) is 3.93. The Morgan fingerprint density at radius 3 is 2.52 bits per heavy atom. The van der Waals surface area contributed by atoms with E-state index in [1.54, 1.807) is 43.3 Å². The van der Waals surface area contributed by atoms with Crippen LogP contribution in [-0.2, 0) is 22.7 Å². The molecule has 0 saturated carbocycles. The van der Waals surface area contributed by atoms with Crippen molar-refractivity contribution in [3.8, 4) is 0 Å². The summed E-state index contributed by atoms with van der Waals surface area (Å²) in [7, 11) is 0. The van der Waals surface area contributed by atoms with Crippen molar-refractivity contribution in [2.75, 3.05) is 0 Å². The van der Waals surface area contributed by atoms with Crippen LogP contribution in [0, 0.1) is 0 Å². The van der Waals surface area contributed by atoms with Gasteiger partial charge in [0, 0.05) is 36.9 Å². The summed E-state index contributed by atoms with van der Waals surface area (Å²) in [4.78, 5) is 30.4. The number of nitrogens with one attached hydrogen (secondary N) is 1. The molecule has 2 amide bonds. The van der Waals surface area contributed by atoms with Crippen LogP contribution in [0.3, 0.4) is 0 Å². The topological polar surface area (TPSA) is 62.3 Å². The summed E-state index contributed by atoms with van der Waals surface area (Å²) >= 11 is 5.90. The van der Waals surface area contributed by atoms with E-state index in [-0.39, 0.29) is 11.8 Å². The molecule has 0 radical (unpaired) electrons.